The minimum Gasteiger partial charge on any atom is -0.368 e. The molecule has 1 saturated heterocycles. The van der Waals surface area contributed by atoms with E-state index in [0.29, 0.717) is 54.8 Å². The van der Waals surface area contributed by atoms with Crippen LogP contribution in [0.1, 0.15) is 44.0 Å². The number of methoxy groups -OCH3 is 1. The van der Waals surface area contributed by atoms with E-state index in [0.717, 1.165) is 0 Å². The van der Waals surface area contributed by atoms with Crippen LogP contribution in [0, 0.1) is 0 Å². The van der Waals surface area contributed by atoms with Crippen molar-refractivity contribution < 1.29 is 31.1 Å². The van der Waals surface area contributed by atoms with E-state index in [9.17, 15) is 26.4 Å². The lowest BCUT2D eigenvalue weighted by Crippen LogP contribution is -2.59. The van der Waals surface area contributed by atoms with Crippen molar-refractivity contribution in [1.82, 2.24) is 29.2 Å². The van der Waals surface area contributed by atoms with Gasteiger partial charge in [-0.25, -0.2) is 31.3 Å². The van der Waals surface area contributed by atoms with Gasteiger partial charge in [-0.05, 0) is 38.7 Å². The van der Waals surface area contributed by atoms with E-state index in [1.165, 1.54) is 34.9 Å². The molecule has 3 aliphatic rings. The molecule has 16 heteroatoms. The molecule has 1 N–H and O–H groups in total. The summed E-state index contributed by atoms with van der Waals surface area (Å²) in [6.07, 6.45) is 2.65. The van der Waals surface area contributed by atoms with Gasteiger partial charge >= 0.3 is 0 Å². The van der Waals surface area contributed by atoms with Gasteiger partial charge < -0.3 is 14.5 Å². The van der Waals surface area contributed by atoms with Gasteiger partial charge in [0.05, 0.1) is 23.4 Å². The number of hydrogen-bond donors (Lipinski definition) is 1. The summed E-state index contributed by atoms with van der Waals surface area (Å²) in [5.41, 5.74) is -0.490. The highest BCUT2D eigenvalue weighted by atomic mass is 32.2. The largest absolute Gasteiger partial charge is 0.368 e. The van der Waals surface area contributed by atoms with Crippen molar-refractivity contribution in [2.24, 2.45) is 0 Å². The highest BCUT2D eigenvalue weighted by molar-refractivity contribution is 7.89. The van der Waals surface area contributed by atoms with Crippen LogP contribution in [-0.4, -0.2) is 89.4 Å². The van der Waals surface area contributed by atoms with Crippen molar-refractivity contribution in [3.63, 3.8) is 0 Å². The molecule has 4 heterocycles. The van der Waals surface area contributed by atoms with Crippen molar-refractivity contribution in [2.75, 3.05) is 38.3 Å². The van der Waals surface area contributed by atoms with E-state index in [1.807, 2.05) is 11.8 Å². The standard InChI is InChI=1S/C24H28F3N7O4S2/c1-23(3-4-23)31-40(36,37)15-9-16(17-11-28-19(34(17)13-15)21-30-29-20(39-21)18(26)27)32-7-8-33(14(10-25)12-32)22(35)24(38-2)5-6-24/h9,11,13-14,18,31H,3-8,10,12H2,1-2H3/t14-/m1/s1. The number of hydrogen-bond acceptors (Lipinski definition) is 9. The summed E-state index contributed by atoms with van der Waals surface area (Å²) in [4.78, 5) is 20.8. The number of rotatable bonds is 9. The number of alkyl halides is 3. The third-order valence-electron chi connectivity index (χ3n) is 7.85. The summed E-state index contributed by atoms with van der Waals surface area (Å²) in [6.45, 7) is 1.66. The number of anilines is 1. The fourth-order valence-corrected chi connectivity index (χ4v) is 7.23. The third kappa shape index (κ3) is 4.73. The smallest absolute Gasteiger partial charge is 0.291 e. The number of nitrogens with zero attached hydrogens (tertiary/aromatic N) is 6. The molecule has 2 aliphatic carbocycles. The quantitative estimate of drug-likeness (QED) is 0.399. The Balaban J connectivity index is 1.40. The van der Waals surface area contributed by atoms with Crippen LogP contribution in [0.4, 0.5) is 18.9 Å². The number of imidazole rings is 1. The SMILES string of the molecule is COC1(C(=O)N2CCN(c3cc(S(=O)(=O)NC4(C)CC4)cn4c(-c5nnc(C(F)F)s5)ncc34)C[C@H]2CF)CC1. The summed E-state index contributed by atoms with van der Waals surface area (Å²) in [7, 11) is -2.51. The number of pyridine rings is 1. The first-order chi connectivity index (χ1) is 19.0. The van der Waals surface area contributed by atoms with Gasteiger partial charge in [0.1, 0.15) is 17.2 Å². The zero-order chi connectivity index (χ0) is 28.4. The maximum Gasteiger partial charge on any atom is 0.291 e. The van der Waals surface area contributed by atoms with Gasteiger partial charge in [0, 0.05) is 38.5 Å². The minimum atomic E-state index is -3.98. The summed E-state index contributed by atoms with van der Waals surface area (Å²) >= 11 is 0.666. The first kappa shape index (κ1) is 27.4. The number of aromatic nitrogens is 4. The fraction of sp³-hybridized carbons (Fsp3) is 0.583. The molecule has 1 amide bonds. The van der Waals surface area contributed by atoms with Crippen molar-refractivity contribution in [3.05, 3.63) is 23.5 Å². The Morgan fingerprint density at radius 3 is 2.60 bits per heavy atom. The van der Waals surface area contributed by atoms with Gasteiger partial charge in [-0.1, -0.05) is 11.3 Å². The molecule has 0 bridgehead atoms. The van der Waals surface area contributed by atoms with Crippen LogP contribution in [0.15, 0.2) is 23.4 Å². The van der Waals surface area contributed by atoms with E-state index >= 15 is 0 Å². The van der Waals surface area contributed by atoms with Gasteiger partial charge in [0.25, 0.3) is 12.3 Å². The molecular weight excluding hydrogens is 571 g/mol. The second-order valence-electron chi connectivity index (χ2n) is 10.8. The van der Waals surface area contributed by atoms with Crippen molar-refractivity contribution in [1.29, 1.82) is 0 Å². The monoisotopic (exact) mass is 599 g/mol. The third-order valence-corrected chi connectivity index (χ3v) is 10.4. The van der Waals surface area contributed by atoms with Crippen LogP contribution in [0.25, 0.3) is 16.3 Å². The van der Waals surface area contributed by atoms with E-state index in [1.54, 1.807) is 0 Å². The number of fused-ring (bicyclic) bond motifs is 1. The average molecular weight is 600 g/mol. The molecule has 40 heavy (non-hydrogen) atoms. The maximum absolute atomic E-state index is 14.3. The van der Waals surface area contributed by atoms with Crippen LogP contribution in [-0.2, 0) is 19.6 Å². The number of halogens is 3. The number of carbonyl (C=O) groups is 1. The molecule has 216 valence electrons. The van der Waals surface area contributed by atoms with Crippen LogP contribution in [0.2, 0.25) is 0 Å². The predicted octanol–water partition coefficient (Wildman–Crippen LogP) is 2.79. The number of carbonyl (C=O) groups excluding carboxylic acids is 1. The lowest BCUT2D eigenvalue weighted by molar-refractivity contribution is -0.148. The molecule has 3 aromatic heterocycles. The van der Waals surface area contributed by atoms with Gasteiger partial charge in [0.2, 0.25) is 10.0 Å². The molecule has 3 aromatic rings. The van der Waals surface area contributed by atoms with Gasteiger partial charge in [-0.15, -0.1) is 10.2 Å². The topological polar surface area (TPSA) is 122 Å². The van der Waals surface area contributed by atoms with Gasteiger partial charge in [0.15, 0.2) is 15.8 Å². The Hall–Kier alpha value is -2.82. The van der Waals surface area contributed by atoms with Crippen LogP contribution < -0.4 is 9.62 Å². The van der Waals surface area contributed by atoms with Crippen LogP contribution in [0.5, 0.6) is 0 Å². The fourth-order valence-electron chi connectivity index (χ4n) is 5.05. The average Bonchev–Trinajstić information content (AvgIpc) is 3.76. The molecule has 3 fully saturated rings. The first-order valence-electron chi connectivity index (χ1n) is 12.8. The molecular formula is C24H28F3N7O4S2. The Kier molecular flexibility index (Phi) is 6.59. The lowest BCUT2D eigenvalue weighted by atomic mass is 10.1. The highest BCUT2D eigenvalue weighted by Gasteiger charge is 2.54. The molecule has 2 saturated carbocycles. The van der Waals surface area contributed by atoms with Crippen molar-refractivity contribution in [2.45, 2.75) is 61.1 Å². The Morgan fingerprint density at radius 2 is 2.00 bits per heavy atom. The van der Waals surface area contributed by atoms with Crippen LogP contribution in [0.3, 0.4) is 0 Å². The van der Waals surface area contributed by atoms with Crippen LogP contribution >= 0.6 is 11.3 Å². The van der Waals surface area contributed by atoms with E-state index in [-0.39, 0.29) is 34.7 Å². The number of sulfonamides is 1. The lowest BCUT2D eigenvalue weighted by Gasteiger charge is -2.42. The molecule has 0 spiro atoms. The van der Waals surface area contributed by atoms with Gasteiger partial charge in [-0.3, -0.25) is 9.20 Å². The number of piperazine rings is 1. The van der Waals surface area contributed by atoms with E-state index < -0.39 is 45.3 Å². The summed E-state index contributed by atoms with van der Waals surface area (Å²) < 4.78 is 77.2. The number of ether oxygens (including phenoxy) is 1. The van der Waals surface area contributed by atoms with Gasteiger partial charge in [-0.2, -0.15) is 0 Å². The van der Waals surface area contributed by atoms with E-state index in [4.69, 9.17) is 4.74 Å². The minimum absolute atomic E-state index is 0.0624. The first-order valence-corrected chi connectivity index (χ1v) is 15.1. The maximum atomic E-state index is 14.3. The Labute approximate surface area is 232 Å². The molecule has 1 atom stereocenters. The molecule has 1 aliphatic heterocycles. The zero-order valence-corrected chi connectivity index (χ0v) is 23.4. The second-order valence-corrected chi connectivity index (χ2v) is 13.5. The van der Waals surface area contributed by atoms with Crippen molar-refractivity contribution in [3.8, 4) is 10.8 Å². The molecule has 0 radical (unpaired) electrons. The van der Waals surface area contributed by atoms with Crippen molar-refractivity contribution >= 4 is 38.5 Å². The molecule has 0 unspecified atom stereocenters. The molecule has 6 rings (SSSR count). The Bertz CT molecular complexity index is 1570. The molecule has 11 nitrogen and oxygen atoms in total. The predicted molar refractivity (Wildman–Crippen MR) is 140 cm³/mol. The zero-order valence-electron chi connectivity index (χ0n) is 21.8. The van der Waals surface area contributed by atoms with E-state index in [2.05, 4.69) is 19.9 Å². The Morgan fingerprint density at radius 1 is 1.25 bits per heavy atom. The number of nitrogens with one attached hydrogen (secondary N) is 1. The highest BCUT2D eigenvalue weighted by Crippen LogP contribution is 2.42. The number of amides is 1. The molecule has 0 aromatic carbocycles. The summed E-state index contributed by atoms with van der Waals surface area (Å²) in [5, 5.41) is 7.00. The summed E-state index contributed by atoms with van der Waals surface area (Å²) in [6, 6.07) is 0.737. The normalized spacial score (nSPS) is 21.8. The second kappa shape index (κ2) is 9.63. The summed E-state index contributed by atoms with van der Waals surface area (Å²) in [5.74, 6) is -0.0830.